The number of hydrogen-bond acceptors (Lipinski definition) is 7. The van der Waals surface area contributed by atoms with Crippen molar-refractivity contribution in [3.05, 3.63) is 32.6 Å². The normalized spacial score (nSPS) is 25.8. The van der Waals surface area contributed by atoms with Gasteiger partial charge in [-0.25, -0.2) is 9.36 Å². The monoisotopic (exact) mass is 380 g/mol. The van der Waals surface area contributed by atoms with E-state index in [1.54, 1.807) is 0 Å². The first-order valence-corrected chi connectivity index (χ1v) is 9.14. The van der Waals surface area contributed by atoms with E-state index in [0.717, 1.165) is 17.8 Å². The molecule has 12 heteroatoms. The van der Waals surface area contributed by atoms with Crippen LogP contribution < -0.4 is 11.2 Å². The number of rotatable bonds is 4. The molecule has 0 aliphatic carbocycles. The second-order valence-electron chi connectivity index (χ2n) is 5.66. The Balaban J connectivity index is 0.000000493. The van der Waals surface area contributed by atoms with Gasteiger partial charge < -0.3 is 24.4 Å². The summed E-state index contributed by atoms with van der Waals surface area (Å²) < 4.78 is 26.1. The topological polar surface area (TPSA) is 160 Å². The Morgan fingerprint density at radius 2 is 2.00 bits per heavy atom. The van der Waals surface area contributed by atoms with E-state index < -0.39 is 44.1 Å². The Kier molecular flexibility index (Phi) is 6.69. The molecule has 0 bridgehead atoms. The molecule has 1 aromatic rings. The van der Waals surface area contributed by atoms with Crippen molar-refractivity contribution in [2.45, 2.75) is 38.2 Å². The zero-order valence-electron chi connectivity index (χ0n) is 13.5. The lowest BCUT2D eigenvalue weighted by Crippen LogP contribution is -2.33. The number of H-pyrrole nitrogens is 1. The molecule has 0 radical (unpaired) electrons. The van der Waals surface area contributed by atoms with E-state index in [4.69, 9.17) is 19.3 Å². The van der Waals surface area contributed by atoms with Crippen molar-refractivity contribution in [1.82, 2.24) is 9.55 Å². The summed E-state index contributed by atoms with van der Waals surface area (Å²) in [5, 5.41) is 9.79. The third-order valence-corrected chi connectivity index (χ3v) is 4.13. The molecule has 3 heterocycles. The lowest BCUT2D eigenvalue weighted by Gasteiger charge is -2.16. The molecule has 11 nitrogen and oxygen atoms in total. The van der Waals surface area contributed by atoms with Gasteiger partial charge in [-0.2, -0.15) is 0 Å². The SMILES string of the molecule is C1COC1.Cc1cn([C@H]2C[C@H](O)[C@@H](COP(=O)(O)O)O2)c(=O)[nH]c1=O. The van der Waals surface area contributed by atoms with Crippen molar-refractivity contribution in [3.8, 4) is 0 Å². The number of aliphatic hydroxyl groups is 1. The minimum Gasteiger partial charge on any atom is -0.390 e. The first-order chi connectivity index (χ1) is 11.7. The lowest BCUT2D eigenvalue weighted by atomic mass is 10.2. The van der Waals surface area contributed by atoms with Crippen LogP contribution in [-0.2, 0) is 18.6 Å². The van der Waals surface area contributed by atoms with Crippen molar-refractivity contribution < 1.29 is 33.5 Å². The molecule has 0 unspecified atom stereocenters. The summed E-state index contributed by atoms with van der Waals surface area (Å²) in [6.45, 7) is 2.99. The number of nitrogens with one attached hydrogen (secondary N) is 1. The Hall–Kier alpha value is -1.33. The van der Waals surface area contributed by atoms with Crippen LogP contribution in [-0.4, -0.2) is 56.5 Å². The largest absolute Gasteiger partial charge is 0.469 e. The van der Waals surface area contributed by atoms with Gasteiger partial charge >= 0.3 is 13.5 Å². The van der Waals surface area contributed by atoms with E-state index in [1.165, 1.54) is 19.5 Å². The zero-order chi connectivity index (χ0) is 18.6. The second kappa shape index (κ2) is 8.37. The maximum absolute atomic E-state index is 11.7. The van der Waals surface area contributed by atoms with Gasteiger partial charge in [0.25, 0.3) is 5.56 Å². The molecular weight excluding hydrogens is 359 g/mol. The summed E-state index contributed by atoms with van der Waals surface area (Å²) in [5.74, 6) is 0. The fourth-order valence-electron chi connectivity index (χ4n) is 2.15. The number of phosphoric acid groups is 1. The summed E-state index contributed by atoms with van der Waals surface area (Å²) in [6, 6.07) is 0. The molecule has 3 atom stereocenters. The van der Waals surface area contributed by atoms with Crippen LogP contribution >= 0.6 is 7.82 Å². The molecule has 3 rings (SSSR count). The van der Waals surface area contributed by atoms with Crippen LogP contribution in [0.1, 0.15) is 24.6 Å². The average Bonchev–Trinajstić information content (AvgIpc) is 2.79. The molecule has 0 aromatic carbocycles. The third kappa shape index (κ3) is 5.86. The summed E-state index contributed by atoms with van der Waals surface area (Å²) in [6.07, 6.45) is -0.290. The molecule has 25 heavy (non-hydrogen) atoms. The van der Waals surface area contributed by atoms with Crippen LogP contribution in [0.3, 0.4) is 0 Å². The molecule has 2 saturated heterocycles. The standard InChI is InChI=1S/C10H15N2O8P.C3H6O/c1-5-3-12(10(15)11-9(5)14)8-2-6(13)7(20-8)4-19-21(16,17)18;1-2-4-3-1/h3,6-8,13H,2,4H2,1H3,(H,11,14,15)(H2,16,17,18);1-3H2/t6-,7+,8+;/m0./s1. The fraction of sp³-hybridized carbons (Fsp3) is 0.692. The van der Waals surface area contributed by atoms with Crippen molar-refractivity contribution in [2.24, 2.45) is 0 Å². The van der Waals surface area contributed by atoms with E-state index in [0.29, 0.717) is 5.56 Å². The maximum Gasteiger partial charge on any atom is 0.469 e. The second-order valence-corrected chi connectivity index (χ2v) is 6.90. The highest BCUT2D eigenvalue weighted by Gasteiger charge is 2.37. The first kappa shape index (κ1) is 20.0. The number of aromatic amines is 1. The highest BCUT2D eigenvalue weighted by molar-refractivity contribution is 7.46. The minimum absolute atomic E-state index is 0.0283. The summed E-state index contributed by atoms with van der Waals surface area (Å²) in [5.41, 5.74) is -0.918. The van der Waals surface area contributed by atoms with Crippen LogP contribution in [0.25, 0.3) is 0 Å². The Morgan fingerprint density at radius 1 is 1.40 bits per heavy atom. The quantitative estimate of drug-likeness (QED) is 0.481. The van der Waals surface area contributed by atoms with Crippen LogP contribution in [0.2, 0.25) is 0 Å². The van der Waals surface area contributed by atoms with Crippen LogP contribution in [0.5, 0.6) is 0 Å². The van der Waals surface area contributed by atoms with Crippen molar-refractivity contribution in [2.75, 3.05) is 19.8 Å². The highest BCUT2D eigenvalue weighted by atomic mass is 31.2. The average molecular weight is 380 g/mol. The smallest absolute Gasteiger partial charge is 0.390 e. The predicted molar refractivity (Wildman–Crippen MR) is 84.0 cm³/mol. The Bertz CT molecular complexity index is 732. The van der Waals surface area contributed by atoms with Crippen molar-refractivity contribution in [1.29, 1.82) is 0 Å². The molecule has 0 amide bonds. The van der Waals surface area contributed by atoms with Gasteiger partial charge in [-0.1, -0.05) is 0 Å². The van der Waals surface area contributed by atoms with Gasteiger partial charge in [0.2, 0.25) is 0 Å². The van der Waals surface area contributed by atoms with Crippen LogP contribution in [0, 0.1) is 6.92 Å². The summed E-state index contributed by atoms with van der Waals surface area (Å²) >= 11 is 0. The number of aliphatic hydroxyl groups excluding tert-OH is 1. The third-order valence-electron chi connectivity index (χ3n) is 3.64. The molecule has 142 valence electrons. The Labute approximate surface area is 142 Å². The van der Waals surface area contributed by atoms with Crippen LogP contribution in [0.4, 0.5) is 0 Å². The van der Waals surface area contributed by atoms with Gasteiger partial charge in [-0.3, -0.25) is 18.9 Å². The van der Waals surface area contributed by atoms with Gasteiger partial charge in [0.15, 0.2) is 0 Å². The summed E-state index contributed by atoms with van der Waals surface area (Å²) in [7, 11) is -4.67. The maximum atomic E-state index is 11.7. The number of aromatic nitrogens is 2. The number of aryl methyl sites for hydroxylation is 1. The highest BCUT2D eigenvalue weighted by Crippen LogP contribution is 2.38. The molecule has 2 aliphatic rings. The number of ether oxygens (including phenoxy) is 2. The number of hydrogen-bond donors (Lipinski definition) is 4. The van der Waals surface area contributed by atoms with E-state index >= 15 is 0 Å². The van der Waals surface area contributed by atoms with E-state index in [2.05, 4.69) is 9.51 Å². The molecule has 0 spiro atoms. The van der Waals surface area contributed by atoms with Gasteiger partial charge in [-0.15, -0.1) is 0 Å². The molecule has 1 aromatic heterocycles. The molecule has 0 saturated carbocycles. The number of nitrogens with zero attached hydrogens (tertiary/aromatic N) is 1. The van der Waals surface area contributed by atoms with Gasteiger partial charge in [0.05, 0.1) is 12.7 Å². The molecular formula is C13H21N2O9P. The van der Waals surface area contributed by atoms with Gasteiger partial charge in [0.1, 0.15) is 12.3 Å². The molecule has 2 aliphatic heterocycles. The fourth-order valence-corrected chi connectivity index (χ4v) is 2.49. The molecule has 2 fully saturated rings. The minimum atomic E-state index is -4.67. The Morgan fingerprint density at radius 3 is 2.52 bits per heavy atom. The first-order valence-electron chi connectivity index (χ1n) is 7.61. The van der Waals surface area contributed by atoms with Gasteiger partial charge in [0, 0.05) is 31.4 Å². The number of phosphoric ester groups is 1. The zero-order valence-corrected chi connectivity index (χ0v) is 14.4. The van der Waals surface area contributed by atoms with Crippen molar-refractivity contribution in [3.63, 3.8) is 0 Å². The molecule has 4 N–H and O–H groups in total. The van der Waals surface area contributed by atoms with E-state index in [-0.39, 0.29) is 6.42 Å². The lowest BCUT2D eigenvalue weighted by molar-refractivity contribution is -0.0451. The van der Waals surface area contributed by atoms with E-state index in [1.807, 2.05) is 0 Å². The van der Waals surface area contributed by atoms with Crippen LogP contribution in [0.15, 0.2) is 15.8 Å². The van der Waals surface area contributed by atoms with Gasteiger partial charge in [-0.05, 0) is 13.3 Å². The van der Waals surface area contributed by atoms with Crippen molar-refractivity contribution >= 4 is 7.82 Å². The van der Waals surface area contributed by atoms with E-state index in [9.17, 15) is 19.3 Å². The predicted octanol–water partition coefficient (Wildman–Crippen LogP) is -0.991. The summed E-state index contributed by atoms with van der Waals surface area (Å²) in [4.78, 5) is 42.3.